The Morgan fingerprint density at radius 3 is 2.10 bits per heavy atom. The van der Waals surface area contributed by atoms with Gasteiger partial charge in [-0.25, -0.2) is 0 Å². The van der Waals surface area contributed by atoms with E-state index in [-0.39, 0.29) is 0 Å². The Hall–Kier alpha value is -0.260. The van der Waals surface area contributed by atoms with Gasteiger partial charge in [0.25, 0.3) is 0 Å². The molecule has 0 aliphatic carbocycles. The maximum absolute atomic E-state index is 2.49. The van der Waals surface area contributed by atoms with Crippen LogP contribution in [0.15, 0.2) is 11.6 Å². The molecule has 0 aromatic heterocycles. The van der Waals surface area contributed by atoms with Crippen molar-refractivity contribution in [1.82, 2.24) is 0 Å². The molecule has 0 nitrogen and oxygen atoms in total. The van der Waals surface area contributed by atoms with Gasteiger partial charge in [0.05, 0.1) is 0 Å². The molecule has 0 bridgehead atoms. The van der Waals surface area contributed by atoms with Crippen LogP contribution in [0.4, 0.5) is 0 Å². The van der Waals surface area contributed by atoms with E-state index in [0.717, 1.165) is 17.8 Å². The smallest absolute Gasteiger partial charge is 0.0280 e. The van der Waals surface area contributed by atoms with Gasteiger partial charge in [-0.1, -0.05) is 85.8 Å². The summed E-state index contributed by atoms with van der Waals surface area (Å²) in [5.41, 5.74) is 2.09. The average molecular weight is 281 g/mol. The van der Waals surface area contributed by atoms with Crippen molar-refractivity contribution in [2.24, 2.45) is 23.2 Å². The maximum atomic E-state index is 2.49. The quantitative estimate of drug-likeness (QED) is 0.370. The number of hydrogen-bond donors (Lipinski definition) is 0. The zero-order chi connectivity index (χ0) is 15.8. The van der Waals surface area contributed by atoms with Crippen LogP contribution in [0.25, 0.3) is 0 Å². The zero-order valence-corrected chi connectivity index (χ0v) is 15.6. The molecule has 3 unspecified atom stereocenters. The largest absolute Gasteiger partial charge is 0.0859 e. The van der Waals surface area contributed by atoms with Gasteiger partial charge >= 0.3 is 0 Å². The first-order valence-electron chi connectivity index (χ1n) is 8.93. The van der Waals surface area contributed by atoms with Gasteiger partial charge in [-0.3, -0.25) is 0 Å². The average Bonchev–Trinajstić information content (AvgIpc) is 2.37. The summed E-state index contributed by atoms with van der Waals surface area (Å²) in [6, 6.07) is 0. The standard InChI is InChI=1S/C20H40/c1-9-12-17(5)15-18(6)13-11-14-19(7)20(8,10-2)16(3)4/h12,16,18-19H,9-11,13-15H2,1-8H3. The molecule has 0 heteroatoms. The number of rotatable bonds is 10. The predicted molar refractivity (Wildman–Crippen MR) is 94.1 cm³/mol. The minimum absolute atomic E-state index is 0.515. The van der Waals surface area contributed by atoms with Gasteiger partial charge in [-0.15, -0.1) is 0 Å². The highest BCUT2D eigenvalue weighted by atomic mass is 14.4. The van der Waals surface area contributed by atoms with Crippen LogP contribution in [-0.4, -0.2) is 0 Å². The molecular weight excluding hydrogens is 240 g/mol. The van der Waals surface area contributed by atoms with Crippen molar-refractivity contribution in [3.63, 3.8) is 0 Å². The van der Waals surface area contributed by atoms with E-state index >= 15 is 0 Å². The second kappa shape index (κ2) is 9.64. The Balaban J connectivity index is 4.14. The number of hydrogen-bond acceptors (Lipinski definition) is 0. The fourth-order valence-corrected chi connectivity index (χ4v) is 3.51. The lowest BCUT2D eigenvalue weighted by Crippen LogP contribution is -2.30. The van der Waals surface area contributed by atoms with Crippen LogP contribution >= 0.6 is 0 Å². The summed E-state index contributed by atoms with van der Waals surface area (Å²) < 4.78 is 0. The minimum Gasteiger partial charge on any atom is -0.0859 e. The molecule has 0 aliphatic heterocycles. The second-order valence-electron chi connectivity index (χ2n) is 7.61. The van der Waals surface area contributed by atoms with Gasteiger partial charge < -0.3 is 0 Å². The molecule has 0 aliphatic rings. The lowest BCUT2D eigenvalue weighted by molar-refractivity contribution is 0.109. The molecule has 20 heavy (non-hydrogen) atoms. The molecule has 0 aromatic rings. The van der Waals surface area contributed by atoms with Crippen LogP contribution in [0.3, 0.4) is 0 Å². The van der Waals surface area contributed by atoms with E-state index in [1.807, 2.05) is 0 Å². The predicted octanol–water partition coefficient (Wildman–Crippen LogP) is 7.25. The molecule has 0 spiro atoms. The zero-order valence-electron chi connectivity index (χ0n) is 15.6. The molecule has 0 heterocycles. The Labute approximate surface area is 129 Å². The lowest BCUT2D eigenvalue weighted by atomic mass is 9.66. The van der Waals surface area contributed by atoms with Crippen molar-refractivity contribution in [1.29, 1.82) is 0 Å². The lowest BCUT2D eigenvalue weighted by Gasteiger charge is -2.39. The van der Waals surface area contributed by atoms with Crippen molar-refractivity contribution in [3.05, 3.63) is 11.6 Å². The Morgan fingerprint density at radius 1 is 1.05 bits per heavy atom. The first kappa shape index (κ1) is 19.7. The van der Waals surface area contributed by atoms with E-state index in [1.165, 1.54) is 38.5 Å². The summed E-state index contributed by atoms with van der Waals surface area (Å²) in [6.07, 6.45) is 10.3. The fraction of sp³-hybridized carbons (Fsp3) is 0.900. The van der Waals surface area contributed by atoms with E-state index in [2.05, 4.69) is 61.5 Å². The van der Waals surface area contributed by atoms with Gasteiger partial charge in [-0.05, 0) is 42.9 Å². The fourth-order valence-electron chi connectivity index (χ4n) is 3.51. The highest BCUT2D eigenvalue weighted by Crippen LogP contribution is 2.41. The normalized spacial score (nSPS) is 18.9. The van der Waals surface area contributed by atoms with Crippen molar-refractivity contribution < 1.29 is 0 Å². The van der Waals surface area contributed by atoms with E-state index in [0.29, 0.717) is 5.41 Å². The van der Waals surface area contributed by atoms with Crippen LogP contribution in [0.2, 0.25) is 0 Å². The van der Waals surface area contributed by atoms with Gasteiger partial charge in [0.15, 0.2) is 0 Å². The first-order chi connectivity index (χ1) is 9.27. The van der Waals surface area contributed by atoms with Crippen LogP contribution in [0.5, 0.6) is 0 Å². The molecule has 120 valence electrons. The third-order valence-electron chi connectivity index (χ3n) is 5.76. The van der Waals surface area contributed by atoms with Crippen LogP contribution in [-0.2, 0) is 0 Å². The third kappa shape index (κ3) is 6.46. The second-order valence-corrected chi connectivity index (χ2v) is 7.61. The highest BCUT2D eigenvalue weighted by Gasteiger charge is 2.31. The Morgan fingerprint density at radius 2 is 1.65 bits per heavy atom. The molecule has 0 radical (unpaired) electrons. The van der Waals surface area contributed by atoms with Crippen LogP contribution < -0.4 is 0 Å². The molecule has 0 rings (SSSR count). The SMILES string of the molecule is CCC=C(C)CC(C)CCCC(C)C(C)(CC)C(C)C. The van der Waals surface area contributed by atoms with Gasteiger partial charge in [0.2, 0.25) is 0 Å². The minimum atomic E-state index is 0.515. The third-order valence-corrected chi connectivity index (χ3v) is 5.76. The molecule has 0 aromatic carbocycles. The Kier molecular flexibility index (Phi) is 9.51. The summed E-state index contributed by atoms with van der Waals surface area (Å²) in [4.78, 5) is 0. The monoisotopic (exact) mass is 280 g/mol. The van der Waals surface area contributed by atoms with Crippen LogP contribution in [0.1, 0.15) is 93.9 Å². The Bertz CT molecular complexity index is 274. The van der Waals surface area contributed by atoms with Crippen molar-refractivity contribution >= 4 is 0 Å². The van der Waals surface area contributed by atoms with Crippen molar-refractivity contribution in [3.8, 4) is 0 Å². The topological polar surface area (TPSA) is 0 Å². The molecule has 0 saturated heterocycles. The van der Waals surface area contributed by atoms with E-state index in [4.69, 9.17) is 0 Å². The van der Waals surface area contributed by atoms with Crippen molar-refractivity contribution in [2.45, 2.75) is 93.9 Å². The summed E-state index contributed by atoms with van der Waals surface area (Å²) in [5, 5.41) is 0. The van der Waals surface area contributed by atoms with E-state index in [9.17, 15) is 0 Å². The summed E-state index contributed by atoms with van der Waals surface area (Å²) in [5.74, 6) is 2.47. The van der Waals surface area contributed by atoms with E-state index < -0.39 is 0 Å². The van der Waals surface area contributed by atoms with Crippen molar-refractivity contribution in [2.75, 3.05) is 0 Å². The van der Waals surface area contributed by atoms with Gasteiger partial charge in [-0.2, -0.15) is 0 Å². The number of allylic oxidation sites excluding steroid dienone is 2. The first-order valence-corrected chi connectivity index (χ1v) is 8.93. The molecule has 0 N–H and O–H groups in total. The van der Waals surface area contributed by atoms with Crippen LogP contribution in [0, 0.1) is 23.2 Å². The summed E-state index contributed by atoms with van der Waals surface area (Å²) >= 11 is 0. The summed E-state index contributed by atoms with van der Waals surface area (Å²) in [7, 11) is 0. The van der Waals surface area contributed by atoms with Gasteiger partial charge in [0.1, 0.15) is 0 Å². The molecular formula is C20H40. The highest BCUT2D eigenvalue weighted by molar-refractivity contribution is 4.98. The maximum Gasteiger partial charge on any atom is -0.0280 e. The summed E-state index contributed by atoms with van der Waals surface area (Å²) in [6.45, 7) is 19.0. The molecule has 0 saturated carbocycles. The molecule has 0 amide bonds. The van der Waals surface area contributed by atoms with Gasteiger partial charge in [0, 0.05) is 0 Å². The van der Waals surface area contributed by atoms with E-state index in [1.54, 1.807) is 5.57 Å². The molecule has 0 fully saturated rings. The molecule has 3 atom stereocenters.